The predicted molar refractivity (Wildman–Crippen MR) is 70.8 cm³/mol. The van der Waals surface area contributed by atoms with Gasteiger partial charge in [0.25, 0.3) is 0 Å². The van der Waals surface area contributed by atoms with E-state index in [9.17, 15) is 14.3 Å². The number of carbonyl (C=O) groups is 1. The summed E-state index contributed by atoms with van der Waals surface area (Å²) in [6.45, 7) is 7.09. The second-order valence-corrected chi connectivity index (χ2v) is 5.21. The van der Waals surface area contributed by atoms with Gasteiger partial charge in [0.1, 0.15) is 5.83 Å². The summed E-state index contributed by atoms with van der Waals surface area (Å²) in [5.74, 6) is -0.966. The highest BCUT2D eigenvalue weighted by Gasteiger charge is 2.44. The summed E-state index contributed by atoms with van der Waals surface area (Å²) in [5.41, 5.74) is -0.0766. The van der Waals surface area contributed by atoms with Crippen molar-refractivity contribution in [2.75, 3.05) is 0 Å². The van der Waals surface area contributed by atoms with Crippen LogP contribution in [0, 0.1) is 11.3 Å². The molecule has 2 nitrogen and oxygen atoms in total. The number of halogens is 1. The minimum Gasteiger partial charge on any atom is -0.481 e. The Bertz CT molecular complexity index is 389. The molecule has 18 heavy (non-hydrogen) atoms. The standard InChI is InChI=1S/C15H21FO2/c1-4-12(3)13(16)7-6-11(2)10-15(14(17)18)8-5-9-15/h4,6-7,11H,1,5,8-10H2,2-3H3,(H,17,18)/b7-6-,13-12+. The van der Waals surface area contributed by atoms with Crippen molar-refractivity contribution in [3.05, 3.63) is 36.2 Å². The van der Waals surface area contributed by atoms with E-state index in [-0.39, 0.29) is 11.7 Å². The Labute approximate surface area is 108 Å². The molecule has 1 unspecified atom stereocenters. The van der Waals surface area contributed by atoms with Crippen LogP contribution in [0.1, 0.15) is 39.5 Å². The third-order valence-corrected chi connectivity index (χ3v) is 3.73. The number of allylic oxidation sites excluding steroid dienone is 5. The summed E-state index contributed by atoms with van der Waals surface area (Å²) >= 11 is 0. The van der Waals surface area contributed by atoms with E-state index in [4.69, 9.17) is 0 Å². The van der Waals surface area contributed by atoms with E-state index >= 15 is 0 Å². The van der Waals surface area contributed by atoms with E-state index in [1.54, 1.807) is 13.0 Å². The zero-order chi connectivity index (χ0) is 13.8. The van der Waals surface area contributed by atoms with Crippen molar-refractivity contribution in [1.82, 2.24) is 0 Å². The maximum absolute atomic E-state index is 13.4. The highest BCUT2D eigenvalue weighted by molar-refractivity contribution is 5.75. The highest BCUT2D eigenvalue weighted by atomic mass is 19.1. The normalized spacial score (nSPS) is 21.1. The molecule has 0 amide bonds. The maximum atomic E-state index is 13.4. The fourth-order valence-electron chi connectivity index (χ4n) is 2.27. The molecule has 0 spiro atoms. The molecule has 3 heteroatoms. The van der Waals surface area contributed by atoms with Crippen molar-refractivity contribution in [2.24, 2.45) is 11.3 Å². The highest BCUT2D eigenvalue weighted by Crippen LogP contribution is 2.46. The second kappa shape index (κ2) is 5.98. The van der Waals surface area contributed by atoms with E-state index in [0.29, 0.717) is 12.0 Å². The van der Waals surface area contributed by atoms with Gasteiger partial charge in [0, 0.05) is 0 Å². The zero-order valence-electron chi connectivity index (χ0n) is 11.1. The van der Waals surface area contributed by atoms with Gasteiger partial charge >= 0.3 is 5.97 Å². The second-order valence-electron chi connectivity index (χ2n) is 5.21. The van der Waals surface area contributed by atoms with Crippen LogP contribution in [-0.2, 0) is 4.79 Å². The van der Waals surface area contributed by atoms with Crippen LogP contribution in [-0.4, -0.2) is 11.1 Å². The lowest BCUT2D eigenvalue weighted by Crippen LogP contribution is -2.39. The van der Waals surface area contributed by atoms with E-state index in [1.807, 2.05) is 6.92 Å². The molecular weight excluding hydrogens is 231 g/mol. The van der Waals surface area contributed by atoms with Crippen molar-refractivity contribution >= 4 is 5.97 Å². The Hall–Kier alpha value is -1.38. The summed E-state index contributed by atoms with van der Waals surface area (Å²) in [6.07, 6.45) is 7.66. The summed E-state index contributed by atoms with van der Waals surface area (Å²) < 4.78 is 13.4. The first-order valence-corrected chi connectivity index (χ1v) is 6.32. The minimum atomic E-state index is -0.715. The van der Waals surface area contributed by atoms with Gasteiger partial charge < -0.3 is 5.11 Å². The maximum Gasteiger partial charge on any atom is 0.309 e. The lowest BCUT2D eigenvalue weighted by Gasteiger charge is -2.39. The average molecular weight is 252 g/mol. The fourth-order valence-corrected chi connectivity index (χ4v) is 2.27. The van der Waals surface area contributed by atoms with Gasteiger partial charge in [-0.2, -0.15) is 0 Å². The van der Waals surface area contributed by atoms with Gasteiger partial charge in [-0.15, -0.1) is 0 Å². The van der Waals surface area contributed by atoms with E-state index in [0.717, 1.165) is 19.3 Å². The van der Waals surface area contributed by atoms with Crippen molar-refractivity contribution in [2.45, 2.75) is 39.5 Å². The summed E-state index contributed by atoms with van der Waals surface area (Å²) in [5, 5.41) is 9.22. The molecule has 100 valence electrons. The fraction of sp³-hybridized carbons (Fsp3) is 0.533. The number of hydrogen-bond acceptors (Lipinski definition) is 1. The van der Waals surface area contributed by atoms with Gasteiger partial charge in [-0.1, -0.05) is 32.1 Å². The van der Waals surface area contributed by atoms with Crippen LogP contribution in [0.4, 0.5) is 4.39 Å². The first-order valence-electron chi connectivity index (χ1n) is 6.32. The Morgan fingerprint density at radius 1 is 1.56 bits per heavy atom. The van der Waals surface area contributed by atoms with Crippen LogP contribution >= 0.6 is 0 Å². The molecule has 1 rings (SSSR count). The van der Waals surface area contributed by atoms with Crippen LogP contribution in [0.15, 0.2) is 36.2 Å². The molecular formula is C15H21FO2. The summed E-state index contributed by atoms with van der Waals surface area (Å²) in [7, 11) is 0. The Morgan fingerprint density at radius 2 is 2.17 bits per heavy atom. The van der Waals surface area contributed by atoms with Gasteiger partial charge in [0.05, 0.1) is 5.41 Å². The molecule has 0 radical (unpaired) electrons. The number of carboxylic acids is 1. The Morgan fingerprint density at radius 3 is 2.56 bits per heavy atom. The quantitative estimate of drug-likeness (QED) is 0.717. The molecule has 0 aliphatic heterocycles. The monoisotopic (exact) mass is 252 g/mol. The van der Waals surface area contributed by atoms with Crippen LogP contribution in [0.2, 0.25) is 0 Å². The first kappa shape index (κ1) is 14.7. The molecule has 0 bridgehead atoms. The lowest BCUT2D eigenvalue weighted by atomic mass is 9.64. The number of rotatable bonds is 6. The molecule has 1 atom stereocenters. The molecule has 0 heterocycles. The van der Waals surface area contributed by atoms with Crippen LogP contribution in [0.3, 0.4) is 0 Å². The molecule has 1 fully saturated rings. The van der Waals surface area contributed by atoms with E-state index in [2.05, 4.69) is 6.58 Å². The lowest BCUT2D eigenvalue weighted by molar-refractivity contribution is -0.155. The zero-order valence-corrected chi connectivity index (χ0v) is 11.1. The van der Waals surface area contributed by atoms with Crippen LogP contribution in [0.5, 0.6) is 0 Å². The molecule has 1 saturated carbocycles. The van der Waals surface area contributed by atoms with E-state index in [1.165, 1.54) is 12.2 Å². The third kappa shape index (κ3) is 3.31. The smallest absolute Gasteiger partial charge is 0.309 e. The van der Waals surface area contributed by atoms with Crippen molar-refractivity contribution < 1.29 is 14.3 Å². The van der Waals surface area contributed by atoms with Crippen molar-refractivity contribution in [3.8, 4) is 0 Å². The number of hydrogen-bond donors (Lipinski definition) is 1. The molecule has 0 aromatic rings. The molecule has 0 saturated heterocycles. The SMILES string of the molecule is C=C/C(C)=C(F)\C=C/C(C)CC1(C(=O)O)CCC1. The summed E-state index contributed by atoms with van der Waals surface area (Å²) in [6, 6.07) is 0. The van der Waals surface area contributed by atoms with Gasteiger partial charge in [-0.25, -0.2) is 4.39 Å². The van der Waals surface area contributed by atoms with Gasteiger partial charge in [0.2, 0.25) is 0 Å². The van der Waals surface area contributed by atoms with Crippen molar-refractivity contribution in [3.63, 3.8) is 0 Å². The molecule has 1 N–H and O–H groups in total. The van der Waals surface area contributed by atoms with E-state index < -0.39 is 11.4 Å². The molecule has 1 aliphatic carbocycles. The predicted octanol–water partition coefficient (Wildman–Crippen LogP) is 4.25. The van der Waals surface area contributed by atoms with Gasteiger partial charge in [-0.3, -0.25) is 4.79 Å². The molecule has 1 aliphatic rings. The van der Waals surface area contributed by atoms with Crippen LogP contribution in [0.25, 0.3) is 0 Å². The van der Waals surface area contributed by atoms with Gasteiger partial charge in [-0.05, 0) is 43.8 Å². The minimum absolute atomic E-state index is 0.0600. The topological polar surface area (TPSA) is 37.3 Å². The average Bonchev–Trinajstić information content (AvgIpc) is 2.29. The van der Waals surface area contributed by atoms with Gasteiger partial charge in [0.15, 0.2) is 0 Å². The number of aliphatic carboxylic acids is 1. The first-order chi connectivity index (χ1) is 8.41. The number of carboxylic acid groups (broad SMARTS) is 1. The molecule has 0 aromatic carbocycles. The third-order valence-electron chi connectivity index (χ3n) is 3.73. The molecule has 0 aromatic heterocycles. The van der Waals surface area contributed by atoms with Crippen LogP contribution < -0.4 is 0 Å². The Balaban J connectivity index is 2.62. The summed E-state index contributed by atoms with van der Waals surface area (Å²) in [4.78, 5) is 11.2. The Kier molecular flexibility index (Phi) is 4.88. The van der Waals surface area contributed by atoms with Crippen molar-refractivity contribution in [1.29, 1.82) is 0 Å². The largest absolute Gasteiger partial charge is 0.481 e.